The van der Waals surface area contributed by atoms with Gasteiger partial charge in [0.1, 0.15) is 5.82 Å². The van der Waals surface area contributed by atoms with Crippen molar-refractivity contribution in [2.24, 2.45) is 17.1 Å². The lowest BCUT2D eigenvalue weighted by atomic mass is 9.74. The molecule has 2 atom stereocenters. The van der Waals surface area contributed by atoms with E-state index in [0.717, 1.165) is 18.6 Å². The second-order valence-corrected chi connectivity index (χ2v) is 6.27. The predicted octanol–water partition coefficient (Wildman–Crippen LogP) is 3.17. The largest absolute Gasteiger partial charge is 0.377 e. The van der Waals surface area contributed by atoms with Crippen LogP contribution in [0.5, 0.6) is 0 Å². The summed E-state index contributed by atoms with van der Waals surface area (Å²) in [6.45, 7) is 1.33. The monoisotopic (exact) mass is 283 g/mol. The van der Waals surface area contributed by atoms with E-state index >= 15 is 0 Å². The standard InChI is InChI=1S/C15H19ClFNO/c16-13-4-3-12(17)7-11(13)8-15(9-18)5-6-19-14(15)10-1-2-10/h3-4,7,10,14H,1-2,5-6,8-9,18H2. The van der Waals surface area contributed by atoms with Gasteiger partial charge in [0.15, 0.2) is 0 Å². The van der Waals surface area contributed by atoms with Crippen molar-refractivity contribution in [3.63, 3.8) is 0 Å². The summed E-state index contributed by atoms with van der Waals surface area (Å²) < 4.78 is 19.3. The smallest absolute Gasteiger partial charge is 0.123 e. The topological polar surface area (TPSA) is 35.2 Å². The van der Waals surface area contributed by atoms with Gasteiger partial charge >= 0.3 is 0 Å². The summed E-state index contributed by atoms with van der Waals surface area (Å²) in [4.78, 5) is 0. The van der Waals surface area contributed by atoms with Gasteiger partial charge in [-0.3, -0.25) is 0 Å². The highest BCUT2D eigenvalue weighted by Gasteiger charge is 2.50. The third-order valence-electron chi connectivity index (χ3n) is 4.51. The lowest BCUT2D eigenvalue weighted by molar-refractivity contribution is 0.0345. The van der Waals surface area contributed by atoms with Crippen LogP contribution < -0.4 is 5.73 Å². The number of hydrogen-bond acceptors (Lipinski definition) is 2. The fourth-order valence-electron chi connectivity index (χ4n) is 3.28. The van der Waals surface area contributed by atoms with Crippen molar-refractivity contribution in [1.82, 2.24) is 0 Å². The van der Waals surface area contributed by atoms with Gasteiger partial charge in [0.05, 0.1) is 6.10 Å². The minimum absolute atomic E-state index is 0.0708. The molecule has 1 aromatic carbocycles. The molecule has 4 heteroatoms. The van der Waals surface area contributed by atoms with Crippen molar-refractivity contribution < 1.29 is 9.13 Å². The lowest BCUT2D eigenvalue weighted by Crippen LogP contribution is -2.41. The second-order valence-electron chi connectivity index (χ2n) is 5.86. The molecule has 2 fully saturated rings. The van der Waals surface area contributed by atoms with Gasteiger partial charge in [-0.15, -0.1) is 0 Å². The van der Waals surface area contributed by atoms with Gasteiger partial charge < -0.3 is 10.5 Å². The SMILES string of the molecule is NCC1(Cc2cc(F)ccc2Cl)CCOC1C1CC1. The number of ether oxygens (including phenoxy) is 1. The maximum atomic E-state index is 13.4. The molecule has 104 valence electrons. The van der Waals surface area contributed by atoms with Gasteiger partial charge in [-0.2, -0.15) is 0 Å². The molecule has 1 heterocycles. The van der Waals surface area contributed by atoms with E-state index in [1.54, 1.807) is 6.07 Å². The molecule has 1 saturated carbocycles. The van der Waals surface area contributed by atoms with Crippen molar-refractivity contribution >= 4 is 11.6 Å². The minimum atomic E-state index is -0.242. The van der Waals surface area contributed by atoms with Gasteiger partial charge in [-0.1, -0.05) is 11.6 Å². The van der Waals surface area contributed by atoms with E-state index in [-0.39, 0.29) is 17.3 Å². The Balaban J connectivity index is 1.87. The molecule has 2 nitrogen and oxygen atoms in total. The Hall–Kier alpha value is -0.640. The van der Waals surface area contributed by atoms with E-state index in [1.165, 1.54) is 25.0 Å². The molecule has 19 heavy (non-hydrogen) atoms. The van der Waals surface area contributed by atoms with Crippen LogP contribution in [0.25, 0.3) is 0 Å². The Morgan fingerprint density at radius 2 is 2.21 bits per heavy atom. The first-order chi connectivity index (χ1) is 9.14. The Morgan fingerprint density at radius 1 is 1.42 bits per heavy atom. The van der Waals surface area contributed by atoms with E-state index in [2.05, 4.69) is 0 Å². The molecule has 0 amide bonds. The van der Waals surface area contributed by atoms with Crippen LogP contribution in [0.4, 0.5) is 4.39 Å². The van der Waals surface area contributed by atoms with Crippen LogP contribution in [0, 0.1) is 17.2 Å². The molecule has 1 aromatic rings. The van der Waals surface area contributed by atoms with E-state index < -0.39 is 0 Å². The third kappa shape index (κ3) is 2.51. The molecule has 0 spiro atoms. The zero-order valence-corrected chi connectivity index (χ0v) is 11.6. The van der Waals surface area contributed by atoms with Crippen LogP contribution in [0.3, 0.4) is 0 Å². The molecule has 3 rings (SSSR count). The quantitative estimate of drug-likeness (QED) is 0.921. The fourth-order valence-corrected chi connectivity index (χ4v) is 3.47. The van der Waals surface area contributed by atoms with Crippen molar-refractivity contribution in [2.75, 3.05) is 13.2 Å². The van der Waals surface area contributed by atoms with Crippen molar-refractivity contribution in [3.8, 4) is 0 Å². The average Bonchev–Trinajstić information content (AvgIpc) is 3.16. The number of nitrogens with two attached hydrogens (primary N) is 1. The molecular weight excluding hydrogens is 265 g/mol. The zero-order valence-electron chi connectivity index (χ0n) is 10.9. The molecular formula is C15H19ClFNO. The van der Waals surface area contributed by atoms with E-state index in [4.69, 9.17) is 22.1 Å². The summed E-state index contributed by atoms with van der Waals surface area (Å²) in [5, 5.41) is 0.621. The minimum Gasteiger partial charge on any atom is -0.377 e. The van der Waals surface area contributed by atoms with Crippen LogP contribution in [0.15, 0.2) is 18.2 Å². The maximum absolute atomic E-state index is 13.4. The van der Waals surface area contributed by atoms with Crippen molar-refractivity contribution in [1.29, 1.82) is 0 Å². The van der Waals surface area contributed by atoms with E-state index in [9.17, 15) is 4.39 Å². The van der Waals surface area contributed by atoms with Crippen LogP contribution in [0.2, 0.25) is 5.02 Å². The van der Waals surface area contributed by atoms with Gasteiger partial charge in [-0.25, -0.2) is 4.39 Å². The highest BCUT2D eigenvalue weighted by atomic mass is 35.5. The maximum Gasteiger partial charge on any atom is 0.123 e. The first-order valence-corrected chi connectivity index (χ1v) is 7.28. The number of rotatable bonds is 4. The Morgan fingerprint density at radius 3 is 2.89 bits per heavy atom. The average molecular weight is 284 g/mol. The summed E-state index contributed by atoms with van der Waals surface area (Å²) in [6, 6.07) is 4.55. The van der Waals surface area contributed by atoms with Crippen molar-refractivity contribution in [2.45, 2.75) is 31.8 Å². The van der Waals surface area contributed by atoms with Crippen molar-refractivity contribution in [3.05, 3.63) is 34.6 Å². The zero-order chi connectivity index (χ0) is 13.5. The molecule has 0 bridgehead atoms. The summed E-state index contributed by atoms with van der Waals surface area (Å²) in [5.41, 5.74) is 6.82. The van der Waals surface area contributed by atoms with E-state index in [0.29, 0.717) is 23.9 Å². The Kier molecular flexibility index (Phi) is 3.54. The van der Waals surface area contributed by atoms with E-state index in [1.807, 2.05) is 0 Å². The molecule has 0 radical (unpaired) electrons. The summed E-state index contributed by atoms with van der Waals surface area (Å²) in [6.07, 6.45) is 4.32. The first-order valence-electron chi connectivity index (χ1n) is 6.90. The van der Waals surface area contributed by atoms with Gasteiger partial charge in [0.2, 0.25) is 0 Å². The number of hydrogen-bond donors (Lipinski definition) is 1. The molecule has 1 aliphatic heterocycles. The van der Waals surface area contributed by atoms with Crippen LogP contribution in [0.1, 0.15) is 24.8 Å². The summed E-state index contributed by atoms with van der Waals surface area (Å²) in [7, 11) is 0. The molecule has 2 aliphatic rings. The fraction of sp³-hybridized carbons (Fsp3) is 0.600. The highest BCUT2D eigenvalue weighted by molar-refractivity contribution is 6.31. The molecule has 2 unspecified atom stereocenters. The molecule has 1 saturated heterocycles. The summed E-state index contributed by atoms with van der Waals surface area (Å²) >= 11 is 6.19. The number of benzene rings is 1. The molecule has 0 aromatic heterocycles. The number of halogens is 2. The van der Waals surface area contributed by atoms with Crippen LogP contribution in [-0.2, 0) is 11.2 Å². The van der Waals surface area contributed by atoms with Gasteiger partial charge in [0, 0.05) is 23.6 Å². The van der Waals surface area contributed by atoms with Gasteiger partial charge in [0.25, 0.3) is 0 Å². The normalized spacial score (nSPS) is 30.8. The highest BCUT2D eigenvalue weighted by Crippen LogP contribution is 2.49. The molecule has 1 aliphatic carbocycles. The first kappa shape index (κ1) is 13.3. The van der Waals surface area contributed by atoms with Gasteiger partial charge in [-0.05, 0) is 55.4 Å². The van der Waals surface area contributed by atoms with Crippen LogP contribution in [-0.4, -0.2) is 19.3 Å². The Labute approximate surface area is 118 Å². The second kappa shape index (κ2) is 5.04. The predicted molar refractivity (Wildman–Crippen MR) is 73.7 cm³/mol. The third-order valence-corrected chi connectivity index (χ3v) is 4.88. The Bertz CT molecular complexity index is 477. The summed E-state index contributed by atoms with van der Waals surface area (Å²) in [5.74, 6) is 0.395. The van der Waals surface area contributed by atoms with Crippen LogP contribution >= 0.6 is 11.6 Å². The lowest BCUT2D eigenvalue weighted by Gasteiger charge is -2.33. The molecule has 2 N–H and O–H groups in total.